The predicted octanol–water partition coefficient (Wildman–Crippen LogP) is 2.45. The summed E-state index contributed by atoms with van der Waals surface area (Å²) in [5.41, 5.74) is -0.521. The van der Waals surface area contributed by atoms with Gasteiger partial charge in [0.2, 0.25) is 5.91 Å². The van der Waals surface area contributed by atoms with Gasteiger partial charge < -0.3 is 9.64 Å². The highest BCUT2D eigenvalue weighted by atomic mass is 16.5. The fraction of sp³-hybridized carbons (Fsp3) is 0.923. The Hall–Kier alpha value is -0.570. The number of hydrogen-bond acceptors (Lipinski definition) is 2. The van der Waals surface area contributed by atoms with E-state index in [-0.39, 0.29) is 22.5 Å². The van der Waals surface area contributed by atoms with E-state index in [2.05, 4.69) is 34.6 Å². The van der Waals surface area contributed by atoms with Crippen molar-refractivity contribution in [2.75, 3.05) is 13.7 Å². The van der Waals surface area contributed by atoms with Crippen molar-refractivity contribution in [1.82, 2.24) is 4.90 Å². The second-order valence-electron chi connectivity index (χ2n) is 6.26. The Morgan fingerprint density at radius 2 is 1.81 bits per heavy atom. The van der Waals surface area contributed by atoms with Gasteiger partial charge in [-0.15, -0.1) is 0 Å². The van der Waals surface area contributed by atoms with Gasteiger partial charge in [0, 0.05) is 20.6 Å². The molecule has 16 heavy (non-hydrogen) atoms. The van der Waals surface area contributed by atoms with Crippen molar-refractivity contribution in [2.24, 2.45) is 5.41 Å². The fourth-order valence-electron chi connectivity index (χ4n) is 3.57. The quantitative estimate of drug-likeness (QED) is 0.688. The number of likely N-dealkylation sites (tertiary alicyclic amines) is 1. The third-order valence-corrected chi connectivity index (χ3v) is 4.29. The van der Waals surface area contributed by atoms with Crippen LogP contribution in [0.4, 0.5) is 0 Å². The first-order valence-electron chi connectivity index (χ1n) is 5.93. The van der Waals surface area contributed by atoms with E-state index in [4.69, 9.17) is 4.74 Å². The average Bonchev–Trinajstić information content (AvgIpc) is 2.35. The van der Waals surface area contributed by atoms with Crippen LogP contribution >= 0.6 is 0 Å². The molecule has 1 aliphatic rings. The predicted molar refractivity (Wildman–Crippen MR) is 65.3 cm³/mol. The number of amides is 1. The van der Waals surface area contributed by atoms with Crippen LogP contribution in [-0.2, 0) is 9.53 Å². The molecule has 3 nitrogen and oxygen atoms in total. The number of ether oxygens (including phenoxy) is 1. The molecule has 0 N–H and O–H groups in total. The summed E-state index contributed by atoms with van der Waals surface area (Å²) < 4.78 is 5.86. The molecular weight excluding hydrogens is 202 g/mol. The van der Waals surface area contributed by atoms with Crippen molar-refractivity contribution in [3.05, 3.63) is 0 Å². The Morgan fingerprint density at radius 3 is 2.00 bits per heavy atom. The van der Waals surface area contributed by atoms with Gasteiger partial charge in [-0.05, 0) is 25.7 Å². The zero-order valence-corrected chi connectivity index (χ0v) is 11.7. The van der Waals surface area contributed by atoms with Gasteiger partial charge in [-0.2, -0.15) is 0 Å². The highest BCUT2D eigenvalue weighted by Crippen LogP contribution is 2.51. The van der Waals surface area contributed by atoms with Crippen LogP contribution in [0, 0.1) is 5.41 Å². The summed E-state index contributed by atoms with van der Waals surface area (Å²) in [5, 5.41) is 0. The number of carbonyl (C=O) groups excluding carboxylic acids is 1. The van der Waals surface area contributed by atoms with Gasteiger partial charge in [-0.1, -0.05) is 20.8 Å². The molecule has 94 valence electrons. The third-order valence-electron chi connectivity index (χ3n) is 4.29. The SMILES string of the molecule is COC1(C(C)(C)C)CCN(C(C)=O)C1(C)C. The van der Waals surface area contributed by atoms with Crippen molar-refractivity contribution >= 4 is 5.91 Å². The van der Waals surface area contributed by atoms with E-state index in [1.165, 1.54) is 0 Å². The first kappa shape index (κ1) is 13.5. The minimum absolute atomic E-state index is 0.00937. The van der Waals surface area contributed by atoms with Crippen molar-refractivity contribution < 1.29 is 9.53 Å². The lowest BCUT2D eigenvalue weighted by atomic mass is 9.66. The second kappa shape index (κ2) is 3.73. The van der Waals surface area contributed by atoms with Crippen LogP contribution in [0.15, 0.2) is 0 Å². The third kappa shape index (κ3) is 1.56. The lowest BCUT2D eigenvalue weighted by Crippen LogP contribution is -2.61. The molecule has 0 radical (unpaired) electrons. The van der Waals surface area contributed by atoms with Crippen LogP contribution in [0.5, 0.6) is 0 Å². The number of hydrogen-bond donors (Lipinski definition) is 0. The maximum Gasteiger partial charge on any atom is 0.219 e. The molecule has 1 unspecified atom stereocenters. The first-order valence-corrected chi connectivity index (χ1v) is 5.93. The zero-order chi connectivity index (χ0) is 12.8. The molecule has 0 aromatic rings. The number of rotatable bonds is 1. The normalized spacial score (nSPS) is 29.6. The lowest BCUT2D eigenvalue weighted by molar-refractivity contribution is -0.157. The summed E-state index contributed by atoms with van der Waals surface area (Å²) in [6, 6.07) is 0. The monoisotopic (exact) mass is 227 g/mol. The maximum atomic E-state index is 11.7. The van der Waals surface area contributed by atoms with Crippen LogP contribution in [0.3, 0.4) is 0 Å². The Bertz CT molecular complexity index is 291. The number of carbonyl (C=O) groups is 1. The smallest absolute Gasteiger partial charge is 0.219 e. The zero-order valence-electron chi connectivity index (χ0n) is 11.7. The van der Waals surface area contributed by atoms with Gasteiger partial charge in [-0.25, -0.2) is 0 Å². The van der Waals surface area contributed by atoms with Crippen LogP contribution in [-0.4, -0.2) is 35.6 Å². The molecule has 0 aromatic heterocycles. The second-order valence-corrected chi connectivity index (χ2v) is 6.26. The molecular formula is C13H25NO2. The topological polar surface area (TPSA) is 29.5 Å². The minimum atomic E-state index is -0.272. The van der Waals surface area contributed by atoms with Crippen molar-refractivity contribution in [3.63, 3.8) is 0 Å². The number of methoxy groups -OCH3 is 1. The van der Waals surface area contributed by atoms with Gasteiger partial charge in [0.1, 0.15) is 0 Å². The molecule has 0 aromatic carbocycles. The minimum Gasteiger partial charge on any atom is -0.375 e. The van der Waals surface area contributed by atoms with Crippen LogP contribution in [0.25, 0.3) is 0 Å². The van der Waals surface area contributed by atoms with Gasteiger partial charge in [0.25, 0.3) is 0 Å². The molecule has 3 heteroatoms. The Labute approximate surface area is 99.1 Å². The fourth-order valence-corrected chi connectivity index (χ4v) is 3.57. The Morgan fingerprint density at radius 1 is 1.31 bits per heavy atom. The van der Waals surface area contributed by atoms with Gasteiger partial charge in [-0.3, -0.25) is 4.79 Å². The van der Waals surface area contributed by atoms with E-state index in [1.54, 1.807) is 14.0 Å². The maximum absolute atomic E-state index is 11.7. The van der Waals surface area contributed by atoms with Crippen LogP contribution in [0.2, 0.25) is 0 Å². The highest BCUT2D eigenvalue weighted by Gasteiger charge is 2.60. The molecule has 1 rings (SSSR count). The van der Waals surface area contributed by atoms with E-state index in [0.29, 0.717) is 0 Å². The van der Waals surface area contributed by atoms with E-state index >= 15 is 0 Å². The molecule has 0 bridgehead atoms. The molecule has 1 amide bonds. The van der Waals surface area contributed by atoms with E-state index in [1.807, 2.05) is 4.90 Å². The summed E-state index contributed by atoms with van der Waals surface area (Å²) in [6.45, 7) is 13.2. The first-order chi connectivity index (χ1) is 7.10. The van der Waals surface area contributed by atoms with Crippen LogP contribution < -0.4 is 0 Å². The lowest BCUT2D eigenvalue weighted by Gasteiger charge is -2.51. The summed E-state index contributed by atoms with van der Waals surface area (Å²) in [6.07, 6.45) is 0.902. The standard InChI is InChI=1S/C13H25NO2/c1-10(15)14-9-8-13(16-7,11(2,3)4)12(14,5)6/h8-9H2,1-7H3. The summed E-state index contributed by atoms with van der Waals surface area (Å²) in [7, 11) is 1.76. The largest absolute Gasteiger partial charge is 0.375 e. The van der Waals surface area contributed by atoms with Gasteiger partial charge >= 0.3 is 0 Å². The Kier molecular flexibility index (Phi) is 3.14. The van der Waals surface area contributed by atoms with Gasteiger partial charge in [0.05, 0.1) is 11.1 Å². The van der Waals surface area contributed by atoms with Crippen LogP contribution in [0.1, 0.15) is 48.0 Å². The molecule has 0 spiro atoms. The molecule has 1 aliphatic heterocycles. The molecule has 1 fully saturated rings. The van der Waals surface area contributed by atoms with E-state index < -0.39 is 0 Å². The molecule has 1 heterocycles. The molecule has 1 atom stereocenters. The van der Waals surface area contributed by atoms with Gasteiger partial charge in [0.15, 0.2) is 0 Å². The summed E-state index contributed by atoms with van der Waals surface area (Å²) in [4.78, 5) is 13.6. The summed E-state index contributed by atoms with van der Waals surface area (Å²) in [5.74, 6) is 0.133. The van der Waals surface area contributed by atoms with E-state index in [9.17, 15) is 4.79 Å². The highest BCUT2D eigenvalue weighted by molar-refractivity contribution is 5.75. The number of nitrogens with zero attached hydrogens (tertiary/aromatic N) is 1. The van der Waals surface area contributed by atoms with Crippen molar-refractivity contribution in [1.29, 1.82) is 0 Å². The molecule has 0 aliphatic carbocycles. The van der Waals surface area contributed by atoms with Crippen molar-refractivity contribution in [3.8, 4) is 0 Å². The molecule has 0 saturated carbocycles. The van der Waals surface area contributed by atoms with Crippen molar-refractivity contribution in [2.45, 2.75) is 59.1 Å². The summed E-state index contributed by atoms with van der Waals surface area (Å²) >= 11 is 0. The molecule has 1 saturated heterocycles. The Balaban J connectivity index is 3.21. The average molecular weight is 227 g/mol. The van der Waals surface area contributed by atoms with E-state index in [0.717, 1.165) is 13.0 Å².